The third-order valence-electron chi connectivity index (χ3n) is 9.62. The van der Waals surface area contributed by atoms with Crippen molar-refractivity contribution >= 4 is 0 Å². The van der Waals surface area contributed by atoms with Crippen LogP contribution >= 0.6 is 0 Å². The molecule has 7 atom stereocenters. The molecule has 10 heteroatoms. The number of ether oxygens (including phenoxy) is 10. The summed E-state index contributed by atoms with van der Waals surface area (Å²) in [6.45, 7) is 4.95. The minimum atomic E-state index is -0.744. The van der Waals surface area contributed by atoms with E-state index in [2.05, 4.69) is 12.1 Å². The molecule has 3 aliphatic heterocycles. The fourth-order valence-corrected chi connectivity index (χ4v) is 6.75. The number of hydrogen-bond acceptors (Lipinski definition) is 10. The molecule has 3 aliphatic rings. The molecule has 0 aromatic heterocycles. The molecule has 10 nitrogen and oxygen atoms in total. The summed E-state index contributed by atoms with van der Waals surface area (Å²) in [6, 6.07) is 30.4. The van der Waals surface area contributed by atoms with E-state index in [1.54, 1.807) is 0 Å². The minimum absolute atomic E-state index is 0.116. The molecular formula is C43H58O10. The maximum absolute atomic E-state index is 6.81. The van der Waals surface area contributed by atoms with Crippen molar-refractivity contribution < 1.29 is 47.4 Å². The van der Waals surface area contributed by atoms with Crippen molar-refractivity contribution in [3.8, 4) is 0 Å². The molecule has 3 heterocycles. The normalized spacial score (nSPS) is 26.4. The average molecular weight is 735 g/mol. The maximum atomic E-state index is 6.81. The molecule has 0 radical (unpaired) electrons. The van der Waals surface area contributed by atoms with Crippen molar-refractivity contribution in [1.82, 2.24) is 0 Å². The summed E-state index contributed by atoms with van der Waals surface area (Å²) < 4.78 is 63.3. The smallest absolute Gasteiger partial charge is 0.187 e. The van der Waals surface area contributed by atoms with Crippen molar-refractivity contribution in [2.24, 2.45) is 0 Å². The first-order chi connectivity index (χ1) is 26.3. The molecule has 0 N–H and O–H groups in total. The second kappa shape index (κ2) is 23.2. The van der Waals surface area contributed by atoms with Crippen LogP contribution in [0.25, 0.3) is 0 Å². The zero-order valence-electron chi connectivity index (χ0n) is 31.0. The molecule has 3 saturated heterocycles. The van der Waals surface area contributed by atoms with Crippen LogP contribution in [0.1, 0.15) is 68.1 Å². The Balaban J connectivity index is 1.16. The first kappa shape index (κ1) is 39.9. The zero-order valence-corrected chi connectivity index (χ0v) is 31.0. The molecule has 0 amide bonds. The molecule has 3 aromatic carbocycles. The molecule has 3 fully saturated rings. The van der Waals surface area contributed by atoms with Crippen LogP contribution in [0.4, 0.5) is 0 Å². The van der Waals surface area contributed by atoms with E-state index in [9.17, 15) is 0 Å². The Morgan fingerprint density at radius 3 is 1.49 bits per heavy atom. The van der Waals surface area contributed by atoms with E-state index in [0.717, 1.165) is 74.8 Å². The highest BCUT2D eigenvalue weighted by Crippen LogP contribution is 2.32. The third-order valence-corrected chi connectivity index (χ3v) is 9.62. The van der Waals surface area contributed by atoms with Crippen molar-refractivity contribution in [2.75, 3.05) is 46.2 Å². The lowest BCUT2D eigenvalue weighted by atomic mass is 9.97. The molecule has 0 bridgehead atoms. The van der Waals surface area contributed by atoms with Crippen LogP contribution in [0.2, 0.25) is 0 Å². The zero-order chi connectivity index (χ0) is 36.2. The van der Waals surface area contributed by atoms with Gasteiger partial charge in [-0.2, -0.15) is 0 Å². The standard InChI is InChI=1S/C43H58O10/c1-4-16-34(17-5-1)30-50-41-40(49-29-15-28-48-39-23-11-13-26-46-39)37(33-44-24-14-27-47-38-22-10-12-25-45-38)53-43(52-32-36-20-8-3-9-21-36)42(41)51-31-35-18-6-2-7-19-35/h1-9,16-21,37-43H,10-15,22-33H2/t37-,38?,39?,40-,41+,42-,43+/m1/s1. The van der Waals surface area contributed by atoms with Gasteiger partial charge in [-0.25, -0.2) is 0 Å². The first-order valence-electron chi connectivity index (χ1n) is 19.6. The molecule has 6 rings (SSSR count). The van der Waals surface area contributed by atoms with E-state index in [0.29, 0.717) is 59.3 Å². The molecule has 290 valence electrons. The van der Waals surface area contributed by atoms with Gasteiger partial charge in [0.1, 0.15) is 24.4 Å². The van der Waals surface area contributed by atoms with E-state index in [-0.39, 0.29) is 12.6 Å². The first-order valence-corrected chi connectivity index (χ1v) is 19.6. The van der Waals surface area contributed by atoms with Gasteiger partial charge in [0.2, 0.25) is 0 Å². The van der Waals surface area contributed by atoms with Crippen molar-refractivity contribution in [1.29, 1.82) is 0 Å². The van der Waals surface area contributed by atoms with E-state index in [4.69, 9.17) is 47.4 Å². The van der Waals surface area contributed by atoms with Crippen molar-refractivity contribution in [3.05, 3.63) is 108 Å². The molecule has 0 spiro atoms. The second-order valence-electron chi connectivity index (χ2n) is 13.8. The van der Waals surface area contributed by atoms with Gasteiger partial charge >= 0.3 is 0 Å². The lowest BCUT2D eigenvalue weighted by Gasteiger charge is -2.46. The Morgan fingerprint density at radius 1 is 0.472 bits per heavy atom. The van der Waals surface area contributed by atoms with Gasteiger partial charge in [0, 0.05) is 26.4 Å². The van der Waals surface area contributed by atoms with Gasteiger partial charge in [-0.05, 0) is 68.1 Å². The highest BCUT2D eigenvalue weighted by atomic mass is 16.7. The van der Waals surface area contributed by atoms with Crippen LogP contribution in [0.15, 0.2) is 91.0 Å². The van der Waals surface area contributed by atoms with Crippen molar-refractivity contribution in [2.45, 2.75) is 114 Å². The molecule has 2 unspecified atom stereocenters. The summed E-state index contributed by atoms with van der Waals surface area (Å²) in [5.74, 6) is 0. The van der Waals surface area contributed by atoms with E-state index >= 15 is 0 Å². The van der Waals surface area contributed by atoms with Crippen LogP contribution < -0.4 is 0 Å². The maximum Gasteiger partial charge on any atom is 0.187 e. The summed E-state index contributed by atoms with van der Waals surface area (Å²) in [4.78, 5) is 0. The summed E-state index contributed by atoms with van der Waals surface area (Å²) in [6.07, 6.45) is 4.63. The largest absolute Gasteiger partial charge is 0.379 e. The number of hydrogen-bond donors (Lipinski definition) is 0. The van der Waals surface area contributed by atoms with Gasteiger partial charge < -0.3 is 47.4 Å². The number of benzene rings is 3. The van der Waals surface area contributed by atoms with Gasteiger partial charge in [-0.1, -0.05) is 91.0 Å². The fraction of sp³-hybridized carbons (Fsp3) is 0.581. The lowest BCUT2D eigenvalue weighted by Crippen LogP contribution is -2.62. The Bertz CT molecular complexity index is 1350. The SMILES string of the molecule is c1ccc(CO[C@H]2O[C@H](COCCCOC3CCCCO3)[C@@H](OCCCOC3CCCCO3)[C@H](OCc3ccccc3)[C@H]2OCc2ccccc2)cc1. The fourth-order valence-electron chi connectivity index (χ4n) is 6.75. The summed E-state index contributed by atoms with van der Waals surface area (Å²) in [7, 11) is 0. The van der Waals surface area contributed by atoms with Crippen LogP contribution in [0.3, 0.4) is 0 Å². The predicted octanol–water partition coefficient (Wildman–Crippen LogP) is 7.37. The quantitative estimate of drug-likeness (QED) is 0.0976. The van der Waals surface area contributed by atoms with Gasteiger partial charge in [0.15, 0.2) is 18.9 Å². The van der Waals surface area contributed by atoms with Gasteiger partial charge in [-0.15, -0.1) is 0 Å². The highest BCUT2D eigenvalue weighted by Gasteiger charge is 2.49. The predicted molar refractivity (Wildman–Crippen MR) is 199 cm³/mol. The summed E-state index contributed by atoms with van der Waals surface area (Å²) >= 11 is 0. The summed E-state index contributed by atoms with van der Waals surface area (Å²) in [5, 5.41) is 0. The van der Waals surface area contributed by atoms with Crippen LogP contribution in [-0.2, 0) is 67.2 Å². The third kappa shape index (κ3) is 13.8. The summed E-state index contributed by atoms with van der Waals surface area (Å²) in [5.41, 5.74) is 3.13. The molecule has 0 aliphatic carbocycles. The molecular weight excluding hydrogens is 676 g/mol. The number of rotatable bonds is 22. The molecule has 53 heavy (non-hydrogen) atoms. The molecule has 0 saturated carbocycles. The minimum Gasteiger partial charge on any atom is -0.379 e. The topological polar surface area (TPSA) is 92.3 Å². The monoisotopic (exact) mass is 734 g/mol. The van der Waals surface area contributed by atoms with E-state index in [1.165, 1.54) is 0 Å². The Labute approximate surface area is 315 Å². The van der Waals surface area contributed by atoms with E-state index < -0.39 is 30.7 Å². The second-order valence-corrected chi connectivity index (χ2v) is 13.8. The van der Waals surface area contributed by atoms with Crippen LogP contribution in [0.5, 0.6) is 0 Å². The highest BCUT2D eigenvalue weighted by molar-refractivity contribution is 5.15. The Morgan fingerprint density at radius 2 is 0.962 bits per heavy atom. The van der Waals surface area contributed by atoms with Gasteiger partial charge in [-0.3, -0.25) is 0 Å². The van der Waals surface area contributed by atoms with Crippen LogP contribution in [0, 0.1) is 0 Å². The van der Waals surface area contributed by atoms with Gasteiger partial charge in [0.05, 0.1) is 39.6 Å². The Kier molecular flexibility index (Phi) is 17.5. The lowest BCUT2D eigenvalue weighted by molar-refractivity contribution is -0.329. The molecule has 3 aromatic rings. The average Bonchev–Trinajstić information content (AvgIpc) is 3.22. The van der Waals surface area contributed by atoms with Gasteiger partial charge in [0.25, 0.3) is 0 Å². The van der Waals surface area contributed by atoms with Crippen LogP contribution in [-0.4, -0.2) is 89.5 Å². The van der Waals surface area contributed by atoms with E-state index in [1.807, 2.05) is 78.9 Å². The van der Waals surface area contributed by atoms with Crippen molar-refractivity contribution in [3.63, 3.8) is 0 Å². The Hall–Kier alpha value is -2.74.